The van der Waals surface area contributed by atoms with Crippen LogP contribution in [0.4, 0.5) is 0 Å². The van der Waals surface area contributed by atoms with E-state index < -0.39 is 6.04 Å². The first-order chi connectivity index (χ1) is 14.0. The molecule has 150 valence electrons. The monoisotopic (exact) mass is 408 g/mol. The van der Waals surface area contributed by atoms with Crippen molar-refractivity contribution in [3.05, 3.63) is 53.2 Å². The fourth-order valence-electron chi connectivity index (χ4n) is 4.23. The normalized spacial score (nSPS) is 21.4. The van der Waals surface area contributed by atoms with Crippen molar-refractivity contribution < 1.29 is 14.3 Å². The van der Waals surface area contributed by atoms with Crippen molar-refractivity contribution in [3.63, 3.8) is 0 Å². The third-order valence-electron chi connectivity index (χ3n) is 5.51. The van der Waals surface area contributed by atoms with Crippen molar-refractivity contribution in [1.82, 2.24) is 4.90 Å². The first kappa shape index (κ1) is 19.7. The maximum Gasteiger partial charge on any atom is 0.243 e. The van der Waals surface area contributed by atoms with Gasteiger partial charge in [-0.3, -0.25) is 14.5 Å². The average Bonchev–Trinajstić information content (AvgIpc) is 3.01. The minimum absolute atomic E-state index is 0.0156. The number of aliphatic imine (C=N–C) groups is 1. The van der Waals surface area contributed by atoms with Gasteiger partial charge in [0.15, 0.2) is 11.0 Å². The highest BCUT2D eigenvalue weighted by Gasteiger charge is 2.47. The van der Waals surface area contributed by atoms with Crippen LogP contribution in [0.5, 0.6) is 5.75 Å². The Labute approximate surface area is 174 Å². The second kappa shape index (κ2) is 7.67. The summed E-state index contributed by atoms with van der Waals surface area (Å²) in [7, 11) is 1.62. The molecule has 0 bridgehead atoms. The zero-order chi connectivity index (χ0) is 20.7. The molecular weight excluding hydrogens is 384 g/mol. The van der Waals surface area contributed by atoms with Crippen LogP contribution in [0.15, 0.2) is 52.7 Å². The van der Waals surface area contributed by atoms with Crippen molar-refractivity contribution in [2.24, 2.45) is 4.99 Å². The molecule has 0 N–H and O–H groups in total. The number of allylic oxidation sites excluding steroid dienone is 1. The van der Waals surface area contributed by atoms with E-state index in [4.69, 9.17) is 4.74 Å². The van der Waals surface area contributed by atoms with Crippen LogP contribution in [0, 0.1) is 0 Å². The molecule has 0 aromatic heterocycles. The second-order valence-electron chi connectivity index (χ2n) is 7.36. The number of carbonyl (C=O) groups is 2. The lowest BCUT2D eigenvalue weighted by molar-refractivity contribution is -0.127. The lowest BCUT2D eigenvalue weighted by atomic mass is 9.88. The lowest BCUT2D eigenvalue weighted by Gasteiger charge is -2.34. The average molecular weight is 409 g/mol. The van der Waals surface area contributed by atoms with Crippen molar-refractivity contribution in [3.8, 4) is 5.75 Å². The van der Waals surface area contributed by atoms with Crippen LogP contribution in [-0.2, 0) is 9.59 Å². The molecule has 0 spiro atoms. The van der Waals surface area contributed by atoms with E-state index in [0.717, 1.165) is 29.2 Å². The Bertz CT molecular complexity index is 1070. The van der Waals surface area contributed by atoms with Gasteiger partial charge >= 0.3 is 0 Å². The summed E-state index contributed by atoms with van der Waals surface area (Å²) in [5.74, 6) is 0.599. The van der Waals surface area contributed by atoms with Crippen LogP contribution in [0.3, 0.4) is 0 Å². The molecule has 4 rings (SSSR count). The quantitative estimate of drug-likeness (QED) is 0.708. The van der Waals surface area contributed by atoms with Crippen LogP contribution >= 0.6 is 11.8 Å². The number of hydrogen-bond donors (Lipinski definition) is 0. The molecule has 0 saturated carbocycles. The number of nitrogens with zero attached hydrogens (tertiary/aromatic N) is 2. The molecule has 6 heteroatoms. The predicted octanol–water partition coefficient (Wildman–Crippen LogP) is 4.87. The van der Waals surface area contributed by atoms with Crippen LogP contribution in [0.2, 0.25) is 0 Å². The number of fused-ring (bicyclic) bond motifs is 2. The van der Waals surface area contributed by atoms with Crippen molar-refractivity contribution in [1.29, 1.82) is 0 Å². The van der Waals surface area contributed by atoms with Gasteiger partial charge in [-0.1, -0.05) is 55.4 Å². The molecule has 2 aromatic carbocycles. The molecule has 2 aliphatic heterocycles. The van der Waals surface area contributed by atoms with Gasteiger partial charge in [0.2, 0.25) is 5.91 Å². The third-order valence-corrected chi connectivity index (χ3v) is 6.73. The maximum atomic E-state index is 13.4. The number of amides is 1. The number of Topliss-reactive ketones (excluding diaryl/α,β-unsaturated/α-hetero) is 1. The zero-order valence-electron chi connectivity index (χ0n) is 17.1. The molecule has 1 amide bonds. The summed E-state index contributed by atoms with van der Waals surface area (Å²) >= 11 is 1.50. The fourth-order valence-corrected chi connectivity index (χ4v) is 5.55. The molecule has 1 saturated heterocycles. The standard InChI is InChI=1S/C23H24N2O3S/c1-5-8-18-22(27)25-21(19(14(3)26)13(2)24-23(25)29-18)20-16-10-7-6-9-15(16)11-12-17(20)28-4/h6-7,9-12,18,21H,5,8H2,1-4H3/t18-,21-/m1/s1. The third kappa shape index (κ3) is 3.15. The first-order valence-electron chi connectivity index (χ1n) is 9.83. The highest BCUT2D eigenvalue weighted by Crippen LogP contribution is 2.48. The first-order valence-corrected chi connectivity index (χ1v) is 10.7. The summed E-state index contributed by atoms with van der Waals surface area (Å²) in [5, 5.41) is 2.52. The summed E-state index contributed by atoms with van der Waals surface area (Å²) < 4.78 is 5.71. The van der Waals surface area contributed by atoms with Gasteiger partial charge in [-0.2, -0.15) is 0 Å². The molecular formula is C23H24N2O3S. The Kier molecular flexibility index (Phi) is 5.21. The largest absolute Gasteiger partial charge is 0.496 e. The topological polar surface area (TPSA) is 59.0 Å². The van der Waals surface area contributed by atoms with E-state index in [1.165, 1.54) is 11.8 Å². The molecule has 0 unspecified atom stereocenters. The highest BCUT2D eigenvalue weighted by molar-refractivity contribution is 8.15. The number of thioether (sulfide) groups is 1. The highest BCUT2D eigenvalue weighted by atomic mass is 32.2. The van der Waals surface area contributed by atoms with Crippen molar-refractivity contribution >= 4 is 39.4 Å². The minimum atomic E-state index is -0.539. The van der Waals surface area contributed by atoms with Crippen LogP contribution in [0.25, 0.3) is 10.8 Å². The van der Waals surface area contributed by atoms with Crippen LogP contribution < -0.4 is 4.74 Å². The smallest absolute Gasteiger partial charge is 0.243 e. The summed E-state index contributed by atoms with van der Waals surface area (Å²) in [6, 6.07) is 11.4. The van der Waals surface area contributed by atoms with Gasteiger partial charge in [0.05, 0.1) is 18.4 Å². The van der Waals surface area contributed by atoms with Gasteiger partial charge in [-0.05, 0) is 37.1 Å². The number of carbonyl (C=O) groups excluding carboxylic acids is 2. The Morgan fingerprint density at radius 2 is 2.00 bits per heavy atom. The fraction of sp³-hybridized carbons (Fsp3) is 0.348. The van der Waals surface area contributed by atoms with Crippen LogP contribution in [0.1, 0.15) is 45.2 Å². The number of hydrogen-bond acceptors (Lipinski definition) is 5. The SMILES string of the molecule is CCC[C@H]1SC2=NC(C)=C(C(C)=O)[C@H](c3c(OC)ccc4ccccc34)N2C1=O. The zero-order valence-corrected chi connectivity index (χ0v) is 17.9. The van der Waals surface area contributed by atoms with Crippen molar-refractivity contribution in [2.75, 3.05) is 7.11 Å². The van der Waals surface area contributed by atoms with Crippen LogP contribution in [-0.4, -0.2) is 34.1 Å². The summed E-state index contributed by atoms with van der Waals surface area (Å²) in [5.41, 5.74) is 2.06. The van der Waals surface area contributed by atoms with Gasteiger partial charge in [0.1, 0.15) is 5.75 Å². The molecule has 29 heavy (non-hydrogen) atoms. The summed E-state index contributed by atoms with van der Waals surface area (Å²) in [4.78, 5) is 32.5. The number of methoxy groups -OCH3 is 1. The van der Waals surface area contributed by atoms with Gasteiger partial charge in [-0.25, -0.2) is 4.99 Å². The molecule has 2 heterocycles. The molecule has 5 nitrogen and oxygen atoms in total. The van der Waals surface area contributed by atoms with Gasteiger partial charge < -0.3 is 4.74 Å². The number of ether oxygens (including phenoxy) is 1. The molecule has 0 aliphatic carbocycles. The Balaban J connectivity index is 2.00. The Morgan fingerprint density at radius 3 is 2.69 bits per heavy atom. The van der Waals surface area contributed by atoms with E-state index in [9.17, 15) is 9.59 Å². The Hall–Kier alpha value is -2.60. The maximum absolute atomic E-state index is 13.4. The number of benzene rings is 2. The summed E-state index contributed by atoms with van der Waals surface area (Å²) in [6.45, 7) is 5.47. The van der Waals surface area contributed by atoms with Crippen molar-refractivity contribution in [2.45, 2.75) is 44.9 Å². The number of rotatable bonds is 5. The van der Waals surface area contributed by atoms with Gasteiger partial charge in [-0.15, -0.1) is 0 Å². The van der Waals surface area contributed by atoms with E-state index in [-0.39, 0.29) is 16.9 Å². The van der Waals surface area contributed by atoms with E-state index in [2.05, 4.69) is 11.9 Å². The molecule has 2 aliphatic rings. The molecule has 0 radical (unpaired) electrons. The Morgan fingerprint density at radius 1 is 1.24 bits per heavy atom. The van der Waals surface area contributed by atoms with E-state index in [1.807, 2.05) is 43.3 Å². The predicted molar refractivity (Wildman–Crippen MR) is 117 cm³/mol. The number of ketones is 1. The molecule has 2 atom stereocenters. The summed E-state index contributed by atoms with van der Waals surface area (Å²) in [6.07, 6.45) is 1.70. The molecule has 1 fully saturated rings. The number of amidine groups is 1. The van der Waals surface area contributed by atoms with E-state index in [0.29, 0.717) is 22.2 Å². The van der Waals surface area contributed by atoms with E-state index in [1.54, 1.807) is 18.9 Å². The molecule has 2 aromatic rings. The second-order valence-corrected chi connectivity index (χ2v) is 8.53. The lowest BCUT2D eigenvalue weighted by Crippen LogP contribution is -2.40. The minimum Gasteiger partial charge on any atom is -0.496 e. The van der Waals surface area contributed by atoms with Gasteiger partial charge in [0, 0.05) is 16.8 Å². The van der Waals surface area contributed by atoms with Gasteiger partial charge in [0.25, 0.3) is 0 Å². The van der Waals surface area contributed by atoms with E-state index >= 15 is 0 Å².